The van der Waals surface area contributed by atoms with Gasteiger partial charge in [-0.1, -0.05) is 42.5 Å². The second-order valence-corrected chi connectivity index (χ2v) is 11.9. The molecule has 2 saturated heterocycles. The summed E-state index contributed by atoms with van der Waals surface area (Å²) in [6.45, 7) is 1.12. The Morgan fingerprint density at radius 3 is 2.50 bits per heavy atom. The van der Waals surface area contributed by atoms with Crippen molar-refractivity contribution in [3.63, 3.8) is 0 Å². The van der Waals surface area contributed by atoms with E-state index in [0.717, 1.165) is 17.1 Å². The first-order valence-corrected chi connectivity index (χ1v) is 14.9. The van der Waals surface area contributed by atoms with Crippen molar-refractivity contribution >= 4 is 23.3 Å². The van der Waals surface area contributed by atoms with Gasteiger partial charge in [-0.15, -0.1) is 0 Å². The number of rotatable bonds is 5. The highest BCUT2D eigenvalue weighted by atomic mass is 19.2. The summed E-state index contributed by atoms with van der Waals surface area (Å²) in [6.07, 6.45) is 2.47. The number of carboxylic acid groups (broad SMARTS) is 1. The number of hydrogen-bond acceptors (Lipinski definition) is 4. The van der Waals surface area contributed by atoms with Gasteiger partial charge in [0, 0.05) is 36.8 Å². The molecule has 0 bridgehead atoms. The Hall–Kier alpha value is -4.58. The van der Waals surface area contributed by atoms with Crippen LogP contribution < -0.4 is 11.0 Å². The van der Waals surface area contributed by atoms with Gasteiger partial charge in [0.05, 0.1) is 18.1 Å². The molecule has 3 N–H and O–H groups in total. The molecule has 0 saturated carbocycles. The van der Waals surface area contributed by atoms with Crippen LogP contribution in [0.3, 0.4) is 0 Å². The van der Waals surface area contributed by atoms with E-state index in [4.69, 9.17) is 0 Å². The molecule has 230 valence electrons. The molecule has 4 heterocycles. The van der Waals surface area contributed by atoms with Gasteiger partial charge in [-0.25, -0.2) is 27.8 Å². The molecule has 0 spiro atoms. The van der Waals surface area contributed by atoms with E-state index >= 15 is 0 Å². The molecule has 2 fully saturated rings. The Morgan fingerprint density at radius 1 is 0.977 bits per heavy atom. The lowest BCUT2D eigenvalue weighted by Crippen LogP contribution is -2.59. The molecule has 6 rings (SSSR count). The fraction of sp³-hybridized carbons (Fsp3) is 0.375. The number of aromatic nitrogens is 3. The van der Waals surface area contributed by atoms with Crippen molar-refractivity contribution in [2.24, 2.45) is 0 Å². The summed E-state index contributed by atoms with van der Waals surface area (Å²) in [5, 5.41) is 13.7. The number of benzene rings is 2. The van der Waals surface area contributed by atoms with E-state index in [0.29, 0.717) is 44.4 Å². The summed E-state index contributed by atoms with van der Waals surface area (Å²) in [6, 6.07) is 15.9. The van der Waals surface area contributed by atoms with Gasteiger partial charge in [-0.3, -0.25) is 9.55 Å². The van der Waals surface area contributed by atoms with E-state index in [9.17, 15) is 28.3 Å². The fourth-order valence-electron chi connectivity index (χ4n) is 6.91. The van der Waals surface area contributed by atoms with Crippen LogP contribution in [0, 0.1) is 11.6 Å². The molecule has 0 aliphatic carbocycles. The first kappa shape index (κ1) is 29.5. The van der Waals surface area contributed by atoms with E-state index in [1.807, 2.05) is 36.4 Å². The Kier molecular flexibility index (Phi) is 8.17. The minimum Gasteiger partial charge on any atom is -0.435 e. The number of aromatic amines is 1. The summed E-state index contributed by atoms with van der Waals surface area (Å²) < 4.78 is 30.5. The maximum atomic E-state index is 15.0. The first-order chi connectivity index (χ1) is 21.2. The Morgan fingerprint density at radius 2 is 1.75 bits per heavy atom. The Labute approximate surface area is 252 Å². The summed E-state index contributed by atoms with van der Waals surface area (Å²) in [5.74, 6) is -2.49. The van der Waals surface area contributed by atoms with E-state index in [2.05, 4.69) is 15.3 Å². The van der Waals surface area contributed by atoms with Gasteiger partial charge < -0.3 is 15.3 Å². The Bertz CT molecular complexity index is 1720. The van der Waals surface area contributed by atoms with Crippen molar-refractivity contribution in [3.8, 4) is 0 Å². The van der Waals surface area contributed by atoms with Crippen molar-refractivity contribution < 1.29 is 28.0 Å². The standard InChI is InChI=1S/C32H34F2N6O4/c33-26-9-4-8-25(28(26)34)22-11-12-23(20-40(19-22,32(43)44)18-21-6-2-1-3-7-21)36-30(41)38-16-13-24(14-17-38)39-27-10-5-15-35-29(27)37-31(39)42/h1-10,15,22-24H,11-14,16-20H2,(H2-,35,36,37,41,42,43,44)/p+1/t22-,23-,40?/m1/s1. The van der Waals surface area contributed by atoms with Crippen LogP contribution in [0.2, 0.25) is 0 Å². The number of carbonyl (C=O) groups is 2. The van der Waals surface area contributed by atoms with Crippen LogP contribution in [0.25, 0.3) is 11.2 Å². The van der Waals surface area contributed by atoms with Crippen molar-refractivity contribution in [3.05, 3.63) is 100 Å². The SMILES string of the molecule is O=C(N[C@@H]1CC[C@@H](c2cccc(F)c2F)C[N+](Cc2ccccc2)(C(=O)O)C1)N1CCC(n2c(=O)[nH]c3ncccc32)CC1. The topological polar surface area (TPSA) is 120 Å². The molecule has 4 aromatic rings. The summed E-state index contributed by atoms with van der Waals surface area (Å²) >= 11 is 0. The number of halogens is 2. The second-order valence-electron chi connectivity index (χ2n) is 11.9. The first-order valence-electron chi connectivity index (χ1n) is 14.9. The number of carbonyl (C=O) groups excluding carboxylic acids is 1. The number of amides is 3. The zero-order chi connectivity index (χ0) is 30.8. The van der Waals surface area contributed by atoms with Crippen LogP contribution in [0.5, 0.6) is 0 Å². The van der Waals surface area contributed by atoms with Crippen molar-refractivity contribution in [2.75, 3.05) is 26.2 Å². The zero-order valence-electron chi connectivity index (χ0n) is 24.2. The average Bonchev–Trinajstić information content (AvgIpc) is 3.25. The highest BCUT2D eigenvalue weighted by Crippen LogP contribution is 2.34. The minimum atomic E-state index is -1.09. The van der Waals surface area contributed by atoms with Gasteiger partial charge >= 0.3 is 17.8 Å². The third-order valence-electron chi connectivity index (χ3n) is 9.09. The predicted octanol–water partition coefficient (Wildman–Crippen LogP) is 4.99. The number of likely N-dealkylation sites (tertiary alicyclic amines) is 2. The van der Waals surface area contributed by atoms with Gasteiger partial charge in [-0.05, 0) is 49.4 Å². The number of piperidine rings is 1. The predicted molar refractivity (Wildman–Crippen MR) is 159 cm³/mol. The molecule has 2 aromatic carbocycles. The molecule has 12 heteroatoms. The zero-order valence-corrected chi connectivity index (χ0v) is 24.2. The van der Waals surface area contributed by atoms with Gasteiger partial charge in [0.1, 0.15) is 13.1 Å². The number of hydrogen-bond donors (Lipinski definition) is 3. The fourth-order valence-corrected chi connectivity index (χ4v) is 6.91. The second kappa shape index (κ2) is 12.2. The average molecular weight is 606 g/mol. The molecule has 3 amide bonds. The molecular formula is C32H35F2N6O4+. The quantitative estimate of drug-likeness (QED) is 0.277. The smallest absolute Gasteiger partial charge is 0.435 e. The summed E-state index contributed by atoms with van der Waals surface area (Å²) in [7, 11) is 0. The van der Waals surface area contributed by atoms with Crippen LogP contribution in [-0.4, -0.2) is 73.4 Å². The van der Waals surface area contributed by atoms with Gasteiger partial charge in [0.2, 0.25) is 0 Å². The third kappa shape index (κ3) is 5.81. The van der Waals surface area contributed by atoms with Gasteiger partial charge in [0.15, 0.2) is 17.3 Å². The number of imidazole rings is 1. The van der Waals surface area contributed by atoms with Crippen molar-refractivity contribution in [1.82, 2.24) is 24.8 Å². The van der Waals surface area contributed by atoms with Crippen LogP contribution in [0.1, 0.15) is 48.8 Å². The van der Waals surface area contributed by atoms with E-state index < -0.39 is 34.2 Å². The molecule has 44 heavy (non-hydrogen) atoms. The number of pyridine rings is 1. The number of H-pyrrole nitrogens is 1. The molecule has 10 nitrogen and oxygen atoms in total. The lowest BCUT2D eigenvalue weighted by molar-refractivity contribution is -0.872. The number of urea groups is 1. The monoisotopic (exact) mass is 605 g/mol. The highest BCUT2D eigenvalue weighted by molar-refractivity contribution is 5.75. The number of quaternary nitrogens is 1. The molecule has 2 aliphatic rings. The molecule has 3 atom stereocenters. The lowest BCUT2D eigenvalue weighted by atomic mass is 9.92. The largest absolute Gasteiger partial charge is 0.513 e. The van der Waals surface area contributed by atoms with Crippen molar-refractivity contribution in [1.29, 1.82) is 0 Å². The molecule has 0 radical (unpaired) electrons. The lowest BCUT2D eigenvalue weighted by Gasteiger charge is -2.37. The molecular weight excluding hydrogens is 570 g/mol. The molecule has 2 aromatic heterocycles. The van der Waals surface area contributed by atoms with Crippen LogP contribution in [0.4, 0.5) is 18.4 Å². The Balaban J connectivity index is 1.20. The van der Waals surface area contributed by atoms with Crippen LogP contribution in [0.15, 0.2) is 71.7 Å². The van der Waals surface area contributed by atoms with Gasteiger partial charge in [-0.2, -0.15) is 4.79 Å². The maximum absolute atomic E-state index is 15.0. The molecule has 1 unspecified atom stereocenters. The number of nitrogens with zero attached hydrogens (tertiary/aromatic N) is 4. The van der Waals surface area contributed by atoms with Crippen LogP contribution in [-0.2, 0) is 6.54 Å². The minimum absolute atomic E-state index is 0.0522. The number of fused-ring (bicyclic) bond motifs is 1. The summed E-state index contributed by atoms with van der Waals surface area (Å²) in [4.78, 5) is 47.9. The normalized spacial score (nSPS) is 22.9. The number of nitrogens with one attached hydrogen (secondary N) is 2. The van der Waals surface area contributed by atoms with Crippen molar-refractivity contribution in [2.45, 2.75) is 50.2 Å². The van der Waals surface area contributed by atoms with Gasteiger partial charge in [0.25, 0.3) is 0 Å². The highest BCUT2D eigenvalue weighted by Gasteiger charge is 2.45. The van der Waals surface area contributed by atoms with E-state index in [1.54, 1.807) is 21.7 Å². The van der Waals surface area contributed by atoms with E-state index in [-0.39, 0.29) is 43.0 Å². The third-order valence-corrected chi connectivity index (χ3v) is 9.09. The van der Waals surface area contributed by atoms with E-state index in [1.165, 1.54) is 12.1 Å². The summed E-state index contributed by atoms with van der Waals surface area (Å²) in [5.41, 5.74) is 1.97. The molecule has 2 aliphatic heterocycles. The maximum Gasteiger partial charge on any atom is 0.513 e. The van der Waals surface area contributed by atoms with Crippen LogP contribution >= 0.6 is 0 Å².